The zero-order chi connectivity index (χ0) is 17.8. The molecule has 1 N–H and O–H groups in total. The topological polar surface area (TPSA) is 58.6 Å². The number of hydrogen-bond acceptors (Lipinski definition) is 4. The van der Waals surface area contributed by atoms with Crippen molar-refractivity contribution in [2.24, 2.45) is 5.92 Å². The molecule has 0 aromatic heterocycles. The van der Waals surface area contributed by atoms with Gasteiger partial charge in [0.05, 0.1) is 19.2 Å². The van der Waals surface area contributed by atoms with Crippen LogP contribution in [0.3, 0.4) is 0 Å². The quantitative estimate of drug-likeness (QED) is 0.851. The van der Waals surface area contributed by atoms with E-state index < -0.39 is 5.97 Å². The van der Waals surface area contributed by atoms with Crippen molar-refractivity contribution in [2.75, 3.05) is 25.5 Å². The average molecular weight is 344 g/mol. The van der Waals surface area contributed by atoms with Gasteiger partial charge in [-0.15, -0.1) is 0 Å². The fraction of sp³-hybridized carbons (Fsp3) is 0.600. The molecule has 1 saturated heterocycles. The van der Waals surface area contributed by atoms with Crippen LogP contribution in [0, 0.1) is 12.8 Å². The maximum absolute atomic E-state index is 12.6. The Morgan fingerprint density at radius 2 is 1.96 bits per heavy atom. The molecule has 136 valence electrons. The molecule has 0 radical (unpaired) electrons. The lowest BCUT2D eigenvalue weighted by Crippen LogP contribution is -2.49. The van der Waals surface area contributed by atoms with Gasteiger partial charge in [-0.2, -0.15) is 0 Å². The summed E-state index contributed by atoms with van der Waals surface area (Å²) in [6.45, 7) is 3.37. The highest BCUT2D eigenvalue weighted by Crippen LogP contribution is 2.35. The van der Waals surface area contributed by atoms with Gasteiger partial charge >= 0.3 is 5.97 Å². The van der Waals surface area contributed by atoms with Crippen molar-refractivity contribution in [3.8, 4) is 0 Å². The van der Waals surface area contributed by atoms with Crippen molar-refractivity contribution in [1.82, 2.24) is 4.90 Å². The van der Waals surface area contributed by atoms with E-state index in [-0.39, 0.29) is 5.91 Å². The van der Waals surface area contributed by atoms with Gasteiger partial charge in [-0.05, 0) is 62.8 Å². The smallest absolute Gasteiger partial charge is 0.337 e. The van der Waals surface area contributed by atoms with Gasteiger partial charge in [0.2, 0.25) is 5.91 Å². The van der Waals surface area contributed by atoms with Gasteiger partial charge in [-0.3, -0.25) is 9.69 Å². The predicted octanol–water partition coefficient (Wildman–Crippen LogP) is 3.37. The number of rotatable bonds is 4. The molecule has 1 aromatic rings. The SMILES string of the molecule is COC(=O)c1ccc(C)c(NC(=O)CN2CCC[C@@H]3CCCC[C@@H]32)c1. The maximum atomic E-state index is 12.6. The molecule has 2 fully saturated rings. The van der Waals surface area contributed by atoms with Crippen LogP contribution in [0.15, 0.2) is 18.2 Å². The molecule has 1 aliphatic carbocycles. The van der Waals surface area contributed by atoms with Gasteiger partial charge in [-0.1, -0.05) is 18.9 Å². The van der Waals surface area contributed by atoms with E-state index in [4.69, 9.17) is 4.74 Å². The van der Waals surface area contributed by atoms with Gasteiger partial charge in [0.25, 0.3) is 0 Å². The first-order valence-electron chi connectivity index (χ1n) is 9.31. The molecule has 1 amide bonds. The molecule has 2 atom stereocenters. The van der Waals surface area contributed by atoms with Crippen LogP contribution in [-0.2, 0) is 9.53 Å². The molecule has 0 spiro atoms. The van der Waals surface area contributed by atoms with Crippen LogP contribution in [0.1, 0.15) is 54.4 Å². The first-order chi connectivity index (χ1) is 12.1. The highest BCUT2D eigenvalue weighted by Gasteiger charge is 2.33. The summed E-state index contributed by atoms with van der Waals surface area (Å²) in [7, 11) is 1.36. The molecule has 2 aliphatic rings. The zero-order valence-electron chi connectivity index (χ0n) is 15.2. The third kappa shape index (κ3) is 4.21. The van der Waals surface area contributed by atoms with Crippen LogP contribution in [0.2, 0.25) is 0 Å². The second kappa shape index (κ2) is 8.00. The minimum Gasteiger partial charge on any atom is -0.465 e. The Hall–Kier alpha value is -1.88. The Balaban J connectivity index is 1.65. The van der Waals surface area contributed by atoms with Crippen LogP contribution in [0.5, 0.6) is 0 Å². The number of amides is 1. The zero-order valence-corrected chi connectivity index (χ0v) is 15.2. The standard InChI is InChI=1S/C20H28N2O3/c1-14-9-10-16(20(24)25-2)12-17(14)21-19(23)13-22-11-5-7-15-6-3-4-8-18(15)22/h9-10,12,15,18H,3-8,11,13H2,1-2H3,(H,21,23)/t15-,18-/m0/s1. The lowest BCUT2D eigenvalue weighted by molar-refractivity contribution is -0.118. The molecule has 1 aliphatic heterocycles. The fourth-order valence-electron chi connectivity index (χ4n) is 4.30. The number of anilines is 1. The Kier molecular flexibility index (Phi) is 5.74. The Morgan fingerprint density at radius 3 is 2.76 bits per heavy atom. The van der Waals surface area contributed by atoms with Crippen LogP contribution in [-0.4, -0.2) is 43.0 Å². The van der Waals surface area contributed by atoms with Crippen molar-refractivity contribution in [1.29, 1.82) is 0 Å². The number of nitrogens with zero attached hydrogens (tertiary/aromatic N) is 1. The van der Waals surface area contributed by atoms with E-state index in [0.29, 0.717) is 23.8 Å². The summed E-state index contributed by atoms with van der Waals surface area (Å²) in [5.74, 6) is 0.368. The van der Waals surface area contributed by atoms with Crippen molar-refractivity contribution < 1.29 is 14.3 Å². The molecule has 0 bridgehead atoms. The summed E-state index contributed by atoms with van der Waals surface area (Å²) in [5.41, 5.74) is 2.08. The lowest BCUT2D eigenvalue weighted by atomic mass is 9.78. The first-order valence-corrected chi connectivity index (χ1v) is 9.31. The number of likely N-dealkylation sites (tertiary alicyclic amines) is 1. The molecule has 5 heteroatoms. The first kappa shape index (κ1) is 17.9. The fourth-order valence-corrected chi connectivity index (χ4v) is 4.30. The number of esters is 1. The van der Waals surface area contributed by atoms with Crippen molar-refractivity contribution >= 4 is 17.6 Å². The summed E-state index contributed by atoms with van der Waals surface area (Å²) in [5, 5.41) is 2.98. The summed E-state index contributed by atoms with van der Waals surface area (Å²) in [6.07, 6.45) is 7.63. The molecular weight excluding hydrogens is 316 g/mol. The average Bonchev–Trinajstić information content (AvgIpc) is 2.63. The highest BCUT2D eigenvalue weighted by molar-refractivity contribution is 5.96. The monoisotopic (exact) mass is 344 g/mol. The summed E-state index contributed by atoms with van der Waals surface area (Å²) in [6, 6.07) is 5.81. The van der Waals surface area contributed by atoms with Gasteiger partial charge in [0, 0.05) is 11.7 Å². The van der Waals surface area contributed by atoms with Crippen LogP contribution in [0.25, 0.3) is 0 Å². The van der Waals surface area contributed by atoms with Crippen molar-refractivity contribution in [2.45, 2.75) is 51.5 Å². The lowest BCUT2D eigenvalue weighted by Gasteiger charge is -2.43. The van der Waals surface area contributed by atoms with Crippen LogP contribution in [0.4, 0.5) is 5.69 Å². The summed E-state index contributed by atoms with van der Waals surface area (Å²) in [4.78, 5) is 26.6. The van der Waals surface area contributed by atoms with E-state index in [1.54, 1.807) is 12.1 Å². The molecule has 1 aromatic carbocycles. The third-order valence-corrected chi connectivity index (χ3v) is 5.64. The molecule has 1 saturated carbocycles. The van der Waals surface area contributed by atoms with Crippen LogP contribution < -0.4 is 5.32 Å². The highest BCUT2D eigenvalue weighted by atomic mass is 16.5. The minimum atomic E-state index is -0.392. The Bertz CT molecular complexity index is 642. The number of hydrogen-bond donors (Lipinski definition) is 1. The van der Waals surface area contributed by atoms with E-state index in [9.17, 15) is 9.59 Å². The molecule has 25 heavy (non-hydrogen) atoms. The second-order valence-electron chi connectivity index (χ2n) is 7.29. The normalized spacial score (nSPS) is 23.6. The number of fused-ring (bicyclic) bond motifs is 1. The van der Waals surface area contributed by atoms with E-state index in [1.807, 2.05) is 13.0 Å². The minimum absolute atomic E-state index is 0.00339. The van der Waals surface area contributed by atoms with Gasteiger partial charge in [0.1, 0.15) is 0 Å². The predicted molar refractivity (Wildman–Crippen MR) is 97.7 cm³/mol. The number of aryl methyl sites for hydroxylation is 1. The molecule has 0 unspecified atom stereocenters. The number of piperidine rings is 1. The van der Waals surface area contributed by atoms with Crippen molar-refractivity contribution in [3.05, 3.63) is 29.3 Å². The Morgan fingerprint density at radius 1 is 1.20 bits per heavy atom. The maximum Gasteiger partial charge on any atom is 0.337 e. The number of ether oxygens (including phenoxy) is 1. The molecule has 1 heterocycles. The second-order valence-corrected chi connectivity index (χ2v) is 7.29. The van der Waals surface area contributed by atoms with Gasteiger partial charge in [0.15, 0.2) is 0 Å². The number of methoxy groups -OCH3 is 1. The van der Waals surface area contributed by atoms with E-state index in [1.165, 1.54) is 45.6 Å². The van der Waals surface area contributed by atoms with Gasteiger partial charge in [-0.25, -0.2) is 4.79 Å². The molecular formula is C20H28N2O3. The van der Waals surface area contributed by atoms with E-state index in [0.717, 1.165) is 18.0 Å². The number of carbonyl (C=O) groups excluding carboxylic acids is 2. The molecule has 5 nitrogen and oxygen atoms in total. The summed E-state index contributed by atoms with van der Waals surface area (Å²) >= 11 is 0. The third-order valence-electron chi connectivity index (χ3n) is 5.64. The number of benzene rings is 1. The number of nitrogens with one attached hydrogen (secondary N) is 1. The summed E-state index contributed by atoms with van der Waals surface area (Å²) < 4.78 is 4.76. The largest absolute Gasteiger partial charge is 0.465 e. The molecule has 3 rings (SSSR count). The van der Waals surface area contributed by atoms with Crippen LogP contribution >= 0.6 is 0 Å². The van der Waals surface area contributed by atoms with E-state index >= 15 is 0 Å². The van der Waals surface area contributed by atoms with Gasteiger partial charge < -0.3 is 10.1 Å². The number of carbonyl (C=O) groups is 2. The van der Waals surface area contributed by atoms with E-state index in [2.05, 4.69) is 10.2 Å². The Labute approximate surface area is 149 Å². The van der Waals surface area contributed by atoms with Crippen molar-refractivity contribution in [3.63, 3.8) is 0 Å².